The Kier molecular flexibility index (Phi) is 5.47. The minimum atomic E-state index is -4.28. The summed E-state index contributed by atoms with van der Waals surface area (Å²) in [5.41, 5.74) is 5.86. The van der Waals surface area contributed by atoms with E-state index in [2.05, 4.69) is 5.32 Å². The van der Waals surface area contributed by atoms with Crippen LogP contribution in [0.4, 0.5) is 28.9 Å². The van der Waals surface area contributed by atoms with Crippen molar-refractivity contribution >= 4 is 11.4 Å². The molecule has 1 rings (SSSR count). The summed E-state index contributed by atoms with van der Waals surface area (Å²) in [6, 6.07) is 1.45. The lowest BCUT2D eigenvalue weighted by Crippen LogP contribution is -2.24. The monoisotopic (exact) mass is 294 g/mol. The second-order valence-corrected chi connectivity index (χ2v) is 4.58. The predicted molar refractivity (Wildman–Crippen MR) is 70.4 cm³/mol. The van der Waals surface area contributed by atoms with Crippen LogP contribution in [0.2, 0.25) is 0 Å². The summed E-state index contributed by atoms with van der Waals surface area (Å²) in [4.78, 5) is 0. The number of hydrogen-bond donors (Lipinski definition) is 2. The third kappa shape index (κ3) is 5.14. The molecular weight excluding hydrogens is 276 g/mol. The van der Waals surface area contributed by atoms with Crippen LogP contribution in [0.25, 0.3) is 0 Å². The predicted octanol–water partition coefficient (Wildman–Crippen LogP) is 3.95. The highest BCUT2D eigenvalue weighted by molar-refractivity contribution is 5.68. The minimum Gasteiger partial charge on any atom is -0.490 e. The molecule has 3 N–H and O–H groups in total. The lowest BCUT2D eigenvalue weighted by atomic mass is 10.2. The Balaban J connectivity index is 2.83. The number of alkyl halides is 3. The highest BCUT2D eigenvalue weighted by Gasteiger charge is 2.30. The molecule has 20 heavy (non-hydrogen) atoms. The molecule has 7 heteroatoms. The zero-order valence-electron chi connectivity index (χ0n) is 11.4. The summed E-state index contributed by atoms with van der Waals surface area (Å²) in [5, 5.41) is 2.62. The molecule has 0 fully saturated rings. The summed E-state index contributed by atoms with van der Waals surface area (Å²) >= 11 is 0. The van der Waals surface area contributed by atoms with Gasteiger partial charge in [0.2, 0.25) is 0 Å². The highest BCUT2D eigenvalue weighted by atomic mass is 19.4. The molecule has 114 valence electrons. The lowest BCUT2D eigenvalue weighted by molar-refractivity contribution is -0.136. The fraction of sp³-hybridized carbons (Fsp3) is 0.538. The van der Waals surface area contributed by atoms with Crippen LogP contribution in [0, 0.1) is 5.82 Å². The topological polar surface area (TPSA) is 47.3 Å². The van der Waals surface area contributed by atoms with Crippen molar-refractivity contribution in [1.29, 1.82) is 0 Å². The van der Waals surface area contributed by atoms with E-state index in [0.29, 0.717) is 13.0 Å². The summed E-state index contributed by atoms with van der Waals surface area (Å²) in [7, 11) is 0. The second-order valence-electron chi connectivity index (χ2n) is 4.58. The molecule has 0 radical (unpaired) electrons. The average Bonchev–Trinajstić information content (AvgIpc) is 2.28. The van der Waals surface area contributed by atoms with Crippen molar-refractivity contribution in [2.24, 2.45) is 0 Å². The number of anilines is 2. The zero-order chi connectivity index (χ0) is 15.3. The second kappa shape index (κ2) is 6.67. The van der Waals surface area contributed by atoms with Gasteiger partial charge < -0.3 is 15.8 Å². The van der Waals surface area contributed by atoms with E-state index in [1.807, 2.05) is 6.92 Å². The van der Waals surface area contributed by atoms with Crippen LogP contribution in [0.5, 0.6) is 5.75 Å². The highest BCUT2D eigenvalue weighted by Crippen LogP contribution is 2.30. The van der Waals surface area contributed by atoms with E-state index >= 15 is 0 Å². The van der Waals surface area contributed by atoms with Gasteiger partial charge in [0.05, 0.1) is 24.4 Å². The van der Waals surface area contributed by atoms with Gasteiger partial charge in [-0.15, -0.1) is 0 Å². The Morgan fingerprint density at radius 2 is 2.00 bits per heavy atom. The number of nitrogen functional groups attached to an aromatic ring is 1. The summed E-state index contributed by atoms with van der Waals surface area (Å²) in [5.74, 6) is -0.660. The van der Waals surface area contributed by atoms with E-state index in [9.17, 15) is 17.6 Å². The first-order chi connectivity index (χ1) is 9.23. The first kappa shape index (κ1) is 16.4. The number of benzene rings is 1. The molecule has 1 unspecified atom stereocenters. The molecular formula is C13H18F4N2O. The maximum atomic E-state index is 13.5. The van der Waals surface area contributed by atoms with E-state index in [4.69, 9.17) is 10.5 Å². The molecule has 0 aliphatic heterocycles. The van der Waals surface area contributed by atoms with Gasteiger partial charge in [-0.3, -0.25) is 0 Å². The van der Waals surface area contributed by atoms with Crippen LogP contribution in [-0.4, -0.2) is 18.8 Å². The fourth-order valence-corrected chi connectivity index (χ4v) is 1.68. The van der Waals surface area contributed by atoms with E-state index in [1.165, 1.54) is 13.0 Å². The number of ether oxygens (including phenoxy) is 1. The van der Waals surface area contributed by atoms with Gasteiger partial charge in [-0.1, -0.05) is 6.92 Å². The maximum absolute atomic E-state index is 13.5. The molecule has 0 aromatic heterocycles. The quantitative estimate of drug-likeness (QED) is 0.617. The van der Waals surface area contributed by atoms with Crippen LogP contribution in [0.3, 0.4) is 0 Å². The van der Waals surface area contributed by atoms with Gasteiger partial charge in [0.25, 0.3) is 0 Å². The van der Waals surface area contributed by atoms with Gasteiger partial charge in [0.1, 0.15) is 0 Å². The molecule has 0 aliphatic carbocycles. The molecule has 3 nitrogen and oxygen atoms in total. The summed E-state index contributed by atoms with van der Waals surface area (Å²) < 4.78 is 55.5. The Hall–Kier alpha value is -1.66. The lowest BCUT2D eigenvalue weighted by Gasteiger charge is -2.19. The Morgan fingerprint density at radius 3 is 2.55 bits per heavy atom. The summed E-state index contributed by atoms with van der Waals surface area (Å²) in [6.07, 6.45) is -4.59. The van der Waals surface area contributed by atoms with Gasteiger partial charge in [-0.2, -0.15) is 13.2 Å². The normalized spacial score (nSPS) is 13.1. The van der Waals surface area contributed by atoms with Crippen LogP contribution >= 0.6 is 0 Å². The molecule has 1 atom stereocenters. The van der Waals surface area contributed by atoms with E-state index in [-0.39, 0.29) is 17.1 Å². The number of halogens is 4. The van der Waals surface area contributed by atoms with Gasteiger partial charge in [0, 0.05) is 18.2 Å². The molecule has 0 saturated carbocycles. The minimum absolute atomic E-state index is 0.0252. The molecule has 0 spiro atoms. The van der Waals surface area contributed by atoms with Gasteiger partial charge in [-0.05, 0) is 13.3 Å². The molecule has 0 saturated heterocycles. The maximum Gasteiger partial charge on any atom is 0.391 e. The van der Waals surface area contributed by atoms with Crippen LogP contribution in [0.15, 0.2) is 12.1 Å². The molecule has 1 aromatic carbocycles. The smallest absolute Gasteiger partial charge is 0.391 e. The van der Waals surface area contributed by atoms with Gasteiger partial charge >= 0.3 is 6.18 Å². The van der Waals surface area contributed by atoms with E-state index in [0.717, 1.165) is 6.07 Å². The van der Waals surface area contributed by atoms with Crippen LogP contribution < -0.4 is 15.8 Å². The number of hydrogen-bond acceptors (Lipinski definition) is 3. The molecule has 0 heterocycles. The zero-order valence-corrected chi connectivity index (χ0v) is 11.4. The van der Waals surface area contributed by atoms with Crippen LogP contribution in [0.1, 0.15) is 26.7 Å². The molecule has 1 aromatic rings. The van der Waals surface area contributed by atoms with Crippen molar-refractivity contribution in [3.63, 3.8) is 0 Å². The number of rotatable bonds is 6. The Bertz CT molecular complexity index is 449. The first-order valence-corrected chi connectivity index (χ1v) is 6.28. The van der Waals surface area contributed by atoms with Gasteiger partial charge in [0.15, 0.2) is 11.6 Å². The van der Waals surface area contributed by atoms with Crippen molar-refractivity contribution in [1.82, 2.24) is 0 Å². The first-order valence-electron chi connectivity index (χ1n) is 6.28. The van der Waals surface area contributed by atoms with Crippen molar-refractivity contribution in [3.8, 4) is 5.75 Å². The standard InChI is InChI=1S/C13H18F4N2O/c1-3-4-20-12-6-11(10(18)5-9(12)14)19-8(2)7-13(15,16)17/h5-6,8,19H,3-4,7,18H2,1-2H3. The molecule has 0 bridgehead atoms. The molecule has 0 aliphatic rings. The van der Waals surface area contributed by atoms with E-state index in [1.54, 1.807) is 0 Å². The summed E-state index contributed by atoms with van der Waals surface area (Å²) in [6.45, 7) is 3.56. The van der Waals surface area contributed by atoms with Crippen molar-refractivity contribution < 1.29 is 22.3 Å². The average molecular weight is 294 g/mol. The van der Waals surface area contributed by atoms with Crippen molar-refractivity contribution in [2.75, 3.05) is 17.7 Å². The largest absolute Gasteiger partial charge is 0.490 e. The third-order valence-electron chi connectivity index (χ3n) is 2.51. The molecule has 0 amide bonds. The third-order valence-corrected chi connectivity index (χ3v) is 2.51. The number of nitrogens with one attached hydrogen (secondary N) is 1. The fourth-order valence-electron chi connectivity index (χ4n) is 1.68. The van der Waals surface area contributed by atoms with E-state index < -0.39 is 24.5 Å². The SMILES string of the molecule is CCCOc1cc(NC(C)CC(F)(F)F)c(N)cc1F. The van der Waals surface area contributed by atoms with Crippen molar-refractivity contribution in [3.05, 3.63) is 17.9 Å². The Morgan fingerprint density at radius 1 is 1.35 bits per heavy atom. The van der Waals surface area contributed by atoms with Gasteiger partial charge in [-0.25, -0.2) is 4.39 Å². The van der Waals surface area contributed by atoms with Crippen LogP contribution in [-0.2, 0) is 0 Å². The Labute approximate surface area is 115 Å². The van der Waals surface area contributed by atoms with Crippen molar-refractivity contribution in [2.45, 2.75) is 38.9 Å². The number of nitrogens with two attached hydrogens (primary N) is 1.